The van der Waals surface area contributed by atoms with Crippen LogP contribution in [-0.2, 0) is 6.42 Å². The minimum atomic E-state index is 0.695. The molecule has 3 rings (SSSR count). The van der Waals surface area contributed by atoms with E-state index in [1.54, 1.807) is 5.57 Å². The number of hydrogen-bond donors (Lipinski definition) is 0. The Bertz CT molecular complexity index is 688. The summed E-state index contributed by atoms with van der Waals surface area (Å²) in [6, 6.07) is 16.2. The molecule has 120 valence electrons. The third-order valence-corrected chi connectivity index (χ3v) is 5.13. The van der Waals surface area contributed by atoms with E-state index in [-0.39, 0.29) is 0 Å². The van der Waals surface area contributed by atoms with Crippen molar-refractivity contribution in [2.75, 3.05) is 0 Å². The lowest BCUT2D eigenvalue weighted by molar-refractivity contribution is 0.625. The van der Waals surface area contributed by atoms with Crippen LogP contribution < -0.4 is 0 Å². The molecule has 0 bridgehead atoms. The molecule has 0 N–H and O–H groups in total. The summed E-state index contributed by atoms with van der Waals surface area (Å²) in [6.45, 7) is 6.65. The van der Waals surface area contributed by atoms with Gasteiger partial charge < -0.3 is 0 Å². The Kier molecular flexibility index (Phi) is 5.00. The molecule has 0 saturated carbocycles. The number of allylic oxidation sites excluding steroid dienone is 2. The molecule has 2 aromatic rings. The molecule has 0 spiro atoms. The quantitative estimate of drug-likeness (QED) is 0.596. The minimum absolute atomic E-state index is 0.695. The van der Waals surface area contributed by atoms with Crippen molar-refractivity contribution in [1.29, 1.82) is 0 Å². The summed E-state index contributed by atoms with van der Waals surface area (Å²) in [5.41, 5.74) is 8.75. The molecule has 1 aliphatic carbocycles. The van der Waals surface area contributed by atoms with Gasteiger partial charge in [0, 0.05) is 0 Å². The molecule has 1 unspecified atom stereocenters. The number of aryl methyl sites for hydroxylation is 3. The van der Waals surface area contributed by atoms with E-state index >= 15 is 0 Å². The van der Waals surface area contributed by atoms with E-state index in [2.05, 4.69) is 69.3 Å². The predicted octanol–water partition coefficient (Wildman–Crippen LogP) is 6.61. The van der Waals surface area contributed by atoms with Crippen LogP contribution >= 0.6 is 0 Å². The third kappa shape index (κ3) is 3.75. The van der Waals surface area contributed by atoms with Crippen LogP contribution in [0.2, 0.25) is 0 Å². The van der Waals surface area contributed by atoms with Crippen molar-refractivity contribution in [2.24, 2.45) is 0 Å². The highest BCUT2D eigenvalue weighted by Gasteiger charge is 2.18. The van der Waals surface area contributed by atoms with Gasteiger partial charge in [-0.2, -0.15) is 0 Å². The van der Waals surface area contributed by atoms with E-state index in [0.717, 1.165) is 0 Å². The number of rotatable bonds is 4. The van der Waals surface area contributed by atoms with Gasteiger partial charge in [0.2, 0.25) is 0 Å². The molecule has 0 fully saturated rings. The molecule has 1 aliphatic rings. The SMILES string of the molecule is CCCc1ccc(C2CC=C(c3ccc(C)cc3C)CC2)cc1. The maximum atomic E-state index is 2.48. The van der Waals surface area contributed by atoms with Crippen molar-refractivity contribution >= 4 is 5.57 Å². The van der Waals surface area contributed by atoms with E-state index in [1.807, 2.05) is 0 Å². The summed E-state index contributed by atoms with van der Waals surface area (Å²) in [4.78, 5) is 0. The molecular weight excluding hydrogens is 276 g/mol. The third-order valence-electron chi connectivity index (χ3n) is 5.13. The van der Waals surface area contributed by atoms with Gasteiger partial charge in [-0.1, -0.05) is 67.4 Å². The lowest BCUT2D eigenvalue weighted by atomic mass is 9.81. The van der Waals surface area contributed by atoms with Gasteiger partial charge >= 0.3 is 0 Å². The first kappa shape index (κ1) is 16.1. The van der Waals surface area contributed by atoms with Crippen molar-refractivity contribution in [3.8, 4) is 0 Å². The second kappa shape index (κ2) is 7.17. The fourth-order valence-electron chi connectivity index (χ4n) is 3.80. The van der Waals surface area contributed by atoms with Crippen LogP contribution in [0.1, 0.15) is 66.3 Å². The predicted molar refractivity (Wildman–Crippen MR) is 101 cm³/mol. The van der Waals surface area contributed by atoms with E-state index in [9.17, 15) is 0 Å². The Balaban J connectivity index is 1.72. The summed E-state index contributed by atoms with van der Waals surface area (Å²) in [5.74, 6) is 0.695. The Morgan fingerprint density at radius 2 is 1.78 bits per heavy atom. The average molecular weight is 304 g/mol. The summed E-state index contributed by atoms with van der Waals surface area (Å²) >= 11 is 0. The van der Waals surface area contributed by atoms with E-state index < -0.39 is 0 Å². The summed E-state index contributed by atoms with van der Waals surface area (Å²) < 4.78 is 0. The van der Waals surface area contributed by atoms with Gasteiger partial charge in [-0.15, -0.1) is 0 Å². The lowest BCUT2D eigenvalue weighted by Gasteiger charge is -2.23. The molecular formula is C23H28. The Hall–Kier alpha value is -1.82. The van der Waals surface area contributed by atoms with Crippen molar-refractivity contribution in [3.05, 3.63) is 76.4 Å². The second-order valence-electron chi connectivity index (χ2n) is 7.01. The average Bonchev–Trinajstić information content (AvgIpc) is 2.56. The van der Waals surface area contributed by atoms with Gasteiger partial charge in [-0.25, -0.2) is 0 Å². The molecule has 0 saturated heterocycles. The molecule has 1 atom stereocenters. The molecule has 0 nitrogen and oxygen atoms in total. The number of benzene rings is 2. The Morgan fingerprint density at radius 1 is 1.00 bits per heavy atom. The zero-order chi connectivity index (χ0) is 16.2. The van der Waals surface area contributed by atoms with Crippen molar-refractivity contribution in [1.82, 2.24) is 0 Å². The lowest BCUT2D eigenvalue weighted by Crippen LogP contribution is -2.05. The zero-order valence-corrected chi connectivity index (χ0v) is 14.7. The van der Waals surface area contributed by atoms with Crippen molar-refractivity contribution < 1.29 is 0 Å². The van der Waals surface area contributed by atoms with Crippen LogP contribution in [0.25, 0.3) is 5.57 Å². The summed E-state index contributed by atoms with van der Waals surface area (Å²) in [7, 11) is 0. The molecule has 0 aromatic heterocycles. The zero-order valence-electron chi connectivity index (χ0n) is 14.7. The Labute approximate surface area is 141 Å². The number of hydrogen-bond acceptors (Lipinski definition) is 0. The first-order chi connectivity index (χ1) is 11.2. The fraction of sp³-hybridized carbons (Fsp3) is 0.391. The van der Waals surface area contributed by atoms with Crippen LogP contribution in [0.5, 0.6) is 0 Å². The fourth-order valence-corrected chi connectivity index (χ4v) is 3.80. The normalized spacial score (nSPS) is 17.9. The van der Waals surface area contributed by atoms with Crippen LogP contribution in [0, 0.1) is 13.8 Å². The monoisotopic (exact) mass is 304 g/mol. The van der Waals surface area contributed by atoms with Gasteiger partial charge in [-0.3, -0.25) is 0 Å². The molecule has 0 heterocycles. The smallest absolute Gasteiger partial charge is 0.0124 e. The highest BCUT2D eigenvalue weighted by molar-refractivity contribution is 5.69. The van der Waals surface area contributed by atoms with Gasteiger partial charge in [-0.05, 0) is 73.3 Å². The highest BCUT2D eigenvalue weighted by atomic mass is 14.2. The van der Waals surface area contributed by atoms with Crippen LogP contribution in [-0.4, -0.2) is 0 Å². The second-order valence-corrected chi connectivity index (χ2v) is 7.01. The van der Waals surface area contributed by atoms with Gasteiger partial charge in [0.25, 0.3) is 0 Å². The highest BCUT2D eigenvalue weighted by Crippen LogP contribution is 2.37. The van der Waals surface area contributed by atoms with Crippen molar-refractivity contribution in [3.63, 3.8) is 0 Å². The summed E-state index contributed by atoms with van der Waals surface area (Å²) in [6.07, 6.45) is 8.55. The molecule has 0 radical (unpaired) electrons. The maximum absolute atomic E-state index is 2.48. The molecule has 0 amide bonds. The van der Waals surface area contributed by atoms with Gasteiger partial charge in [0.15, 0.2) is 0 Å². The van der Waals surface area contributed by atoms with Crippen molar-refractivity contribution in [2.45, 2.75) is 58.8 Å². The van der Waals surface area contributed by atoms with Crippen LogP contribution in [0.3, 0.4) is 0 Å². The first-order valence-electron chi connectivity index (χ1n) is 9.03. The molecule has 0 aliphatic heterocycles. The Morgan fingerprint density at radius 3 is 2.39 bits per heavy atom. The largest absolute Gasteiger partial charge is 0.0801 e. The standard InChI is InChI=1S/C23H28/c1-4-5-19-7-9-20(10-8-19)21-11-13-22(14-12-21)23-15-6-17(2)16-18(23)3/h6-10,13,15-16,21H,4-5,11-12,14H2,1-3H3. The van der Waals surface area contributed by atoms with Gasteiger partial charge in [0.1, 0.15) is 0 Å². The topological polar surface area (TPSA) is 0 Å². The van der Waals surface area contributed by atoms with Crippen LogP contribution in [0.4, 0.5) is 0 Å². The summed E-state index contributed by atoms with van der Waals surface area (Å²) in [5, 5.41) is 0. The van der Waals surface area contributed by atoms with E-state index in [0.29, 0.717) is 5.92 Å². The minimum Gasteiger partial charge on any atom is -0.0801 e. The van der Waals surface area contributed by atoms with Crippen LogP contribution in [0.15, 0.2) is 48.5 Å². The molecule has 23 heavy (non-hydrogen) atoms. The van der Waals surface area contributed by atoms with E-state index in [4.69, 9.17) is 0 Å². The molecule has 0 heteroatoms. The van der Waals surface area contributed by atoms with Gasteiger partial charge in [0.05, 0.1) is 0 Å². The molecule has 2 aromatic carbocycles. The van der Waals surface area contributed by atoms with E-state index in [1.165, 1.54) is 59.9 Å². The first-order valence-corrected chi connectivity index (χ1v) is 9.03. The maximum Gasteiger partial charge on any atom is -0.0124 e.